The number of aliphatic hydroxyl groups is 1. The number of amides is 1. The van der Waals surface area contributed by atoms with Gasteiger partial charge in [-0.15, -0.1) is 0 Å². The Labute approximate surface area is 310 Å². The number of hydrogen-bond acceptors (Lipinski definition) is 13. The number of carbonyl (C=O) groups excluding carboxylic acids is 1. The smallest absolute Gasteiger partial charge is 0.409 e. The predicted octanol–water partition coefficient (Wildman–Crippen LogP) is 4.64. The van der Waals surface area contributed by atoms with Gasteiger partial charge in [0.25, 0.3) is 0 Å². The van der Waals surface area contributed by atoms with Crippen molar-refractivity contribution in [3.05, 3.63) is 35.4 Å². The van der Waals surface area contributed by atoms with Crippen molar-refractivity contribution >= 4 is 6.09 Å². The number of fused-ring (bicyclic) bond motifs is 1. The normalized spacial score (nSPS) is 26.0. The number of hydrogen-bond donors (Lipinski definition) is 3. The lowest BCUT2D eigenvalue weighted by Gasteiger charge is -2.46. The van der Waals surface area contributed by atoms with Gasteiger partial charge in [-0.3, -0.25) is 20.2 Å². The number of β-amino-alcohol motifs (C(OH)–C–C–N with tert-alkyl or cyclic N) is 1. The van der Waals surface area contributed by atoms with Gasteiger partial charge < -0.3 is 38.4 Å². The molecule has 2 heterocycles. The number of nitrogens with zero attached hydrogens (tertiary/aromatic N) is 3. The van der Waals surface area contributed by atoms with Crippen LogP contribution in [-0.4, -0.2) is 147 Å². The quantitative estimate of drug-likeness (QED) is 0.106. The van der Waals surface area contributed by atoms with Crippen LogP contribution in [0, 0.1) is 11.8 Å². The lowest BCUT2D eigenvalue weighted by atomic mass is 9.82. The van der Waals surface area contributed by atoms with Crippen LogP contribution in [-0.2, 0) is 39.9 Å². The van der Waals surface area contributed by atoms with E-state index in [4.69, 9.17) is 38.8 Å². The summed E-state index contributed by atoms with van der Waals surface area (Å²) in [5.74, 6) is 0.359. The molecule has 2 saturated heterocycles. The van der Waals surface area contributed by atoms with E-state index < -0.39 is 18.3 Å². The molecule has 3 aliphatic rings. The summed E-state index contributed by atoms with van der Waals surface area (Å²) in [4.78, 5) is 21.9. The van der Waals surface area contributed by atoms with Crippen LogP contribution >= 0.6 is 0 Å². The van der Waals surface area contributed by atoms with Crippen molar-refractivity contribution in [2.24, 2.45) is 11.8 Å². The number of rotatable bonds is 23. The minimum absolute atomic E-state index is 0.156. The van der Waals surface area contributed by atoms with Crippen molar-refractivity contribution in [1.82, 2.24) is 15.2 Å². The van der Waals surface area contributed by atoms with Crippen molar-refractivity contribution in [2.45, 2.75) is 102 Å². The molecule has 14 heteroatoms. The molecule has 3 N–H and O–H groups in total. The van der Waals surface area contributed by atoms with E-state index in [1.807, 2.05) is 31.2 Å². The van der Waals surface area contributed by atoms with E-state index in [2.05, 4.69) is 16.7 Å². The summed E-state index contributed by atoms with van der Waals surface area (Å²) in [7, 11) is 1.75. The molecule has 3 fully saturated rings. The van der Waals surface area contributed by atoms with E-state index in [0.717, 1.165) is 76.0 Å². The summed E-state index contributed by atoms with van der Waals surface area (Å²) in [6.45, 7) is 11.5. The number of aliphatic hydroxyl groups excluding tert-OH is 1. The maximum atomic E-state index is 13.2. The number of morpholine rings is 1. The first-order valence-electron chi connectivity index (χ1n) is 19.4. The van der Waals surface area contributed by atoms with Gasteiger partial charge in [0.1, 0.15) is 0 Å². The fraction of sp³-hybridized carbons (Fsp3) is 0.816. The number of unbranched alkanes of at least 4 members (excludes halogenated alkanes) is 3. The van der Waals surface area contributed by atoms with Crippen molar-refractivity contribution in [1.29, 1.82) is 0 Å². The first kappa shape index (κ1) is 42.8. The van der Waals surface area contributed by atoms with Crippen LogP contribution in [0.4, 0.5) is 4.79 Å². The van der Waals surface area contributed by atoms with E-state index in [1.54, 1.807) is 12.0 Å². The molecular weight excluding hydrogens is 674 g/mol. The van der Waals surface area contributed by atoms with Crippen LogP contribution in [0.25, 0.3) is 0 Å². The summed E-state index contributed by atoms with van der Waals surface area (Å²) in [5, 5.41) is 28.5. The zero-order valence-electron chi connectivity index (χ0n) is 31.6. The lowest BCUT2D eigenvalue weighted by Crippen LogP contribution is -2.55. The highest BCUT2D eigenvalue weighted by Crippen LogP contribution is 2.36. The average molecular weight is 740 g/mol. The van der Waals surface area contributed by atoms with Gasteiger partial charge in [-0.1, -0.05) is 37.6 Å². The van der Waals surface area contributed by atoms with Crippen molar-refractivity contribution in [3.63, 3.8) is 0 Å². The van der Waals surface area contributed by atoms with Crippen LogP contribution < -0.4 is 0 Å². The monoisotopic (exact) mass is 739 g/mol. The molecule has 0 bridgehead atoms. The molecule has 1 aromatic carbocycles. The van der Waals surface area contributed by atoms with Crippen molar-refractivity contribution in [2.75, 3.05) is 86.1 Å². The molecule has 14 nitrogen and oxygen atoms in total. The Morgan fingerprint density at radius 3 is 2.52 bits per heavy atom. The van der Waals surface area contributed by atoms with E-state index >= 15 is 0 Å². The second-order valence-corrected chi connectivity index (χ2v) is 14.5. The van der Waals surface area contributed by atoms with Crippen LogP contribution in [0.5, 0.6) is 0 Å². The van der Waals surface area contributed by atoms with Crippen LogP contribution in [0.3, 0.4) is 0 Å². The second kappa shape index (κ2) is 23.8. The Morgan fingerprint density at radius 1 is 1.00 bits per heavy atom. The second-order valence-electron chi connectivity index (χ2n) is 14.5. The van der Waals surface area contributed by atoms with E-state index in [0.29, 0.717) is 70.3 Å². The van der Waals surface area contributed by atoms with E-state index in [1.165, 1.54) is 0 Å². The molecule has 2 aliphatic heterocycles. The number of carbonyl (C=O) groups is 1. The molecule has 1 aromatic rings. The highest BCUT2D eigenvalue weighted by Gasteiger charge is 2.42. The number of ether oxygens (including phenoxy) is 6. The summed E-state index contributed by atoms with van der Waals surface area (Å²) in [5.41, 5.74) is 2.03. The Bertz CT molecular complexity index is 1120. The van der Waals surface area contributed by atoms with Gasteiger partial charge in [0, 0.05) is 57.9 Å². The molecule has 4 rings (SSSR count). The average Bonchev–Trinajstić information content (AvgIpc) is 3.14. The number of piperidine rings is 1. The molecule has 1 saturated carbocycles. The number of benzene rings is 1. The molecule has 52 heavy (non-hydrogen) atoms. The van der Waals surface area contributed by atoms with E-state index in [9.17, 15) is 9.90 Å². The molecule has 7 unspecified atom stereocenters. The van der Waals surface area contributed by atoms with Gasteiger partial charge >= 0.3 is 6.09 Å². The van der Waals surface area contributed by atoms with Gasteiger partial charge in [-0.05, 0) is 68.9 Å². The summed E-state index contributed by atoms with van der Waals surface area (Å²) < 4.78 is 35.3. The third kappa shape index (κ3) is 14.4. The standard InChI is InChI=1S/C38H65N3O11/c1-4-47-25-29(2)26-48-27-30-10-13-32(14-11-30)37-34(42)23-40(38(43)50-19-7-5-6-8-20-52-41(44)45)24-36(37)51-28-31-12-15-35-33(22-31)39(17-21-49-35)16-9-18-46-3/h10-11,13-14,29,31,33-37,42,44-45H,4-9,12,15-28H2,1-3H3. The summed E-state index contributed by atoms with van der Waals surface area (Å²) >= 11 is 0. The first-order chi connectivity index (χ1) is 25.3. The number of likely N-dealkylation sites (tertiary alicyclic amines) is 1. The van der Waals surface area contributed by atoms with Crippen molar-refractivity contribution < 1.29 is 53.6 Å². The molecule has 1 aliphatic carbocycles. The molecule has 7 atom stereocenters. The van der Waals surface area contributed by atoms with Gasteiger partial charge in [0.15, 0.2) is 0 Å². The largest absolute Gasteiger partial charge is 0.449 e. The summed E-state index contributed by atoms with van der Waals surface area (Å²) in [6.07, 6.45) is 5.47. The van der Waals surface area contributed by atoms with Gasteiger partial charge in [0.05, 0.1) is 76.4 Å². The molecule has 0 spiro atoms. The highest BCUT2D eigenvalue weighted by molar-refractivity contribution is 5.68. The SMILES string of the molecule is CCOCC(C)COCc1ccc(C2C(O)CN(C(=O)OCCCCCCON(O)O)CC2OCC2CCC3OCCN(CCCOC)C3C2)cc1. The fourth-order valence-corrected chi connectivity index (χ4v) is 7.64. The van der Waals surface area contributed by atoms with Crippen LogP contribution in [0.1, 0.15) is 82.3 Å². The molecule has 0 aromatic heterocycles. The number of methoxy groups -OCH3 is 1. The minimum Gasteiger partial charge on any atom is -0.449 e. The fourth-order valence-electron chi connectivity index (χ4n) is 7.64. The maximum absolute atomic E-state index is 13.2. The Hall–Kier alpha value is -1.95. The zero-order chi connectivity index (χ0) is 37.1. The molecular formula is C38H65N3O11. The van der Waals surface area contributed by atoms with Crippen molar-refractivity contribution in [3.8, 4) is 0 Å². The van der Waals surface area contributed by atoms with Gasteiger partial charge in [-0.25, -0.2) is 4.79 Å². The third-order valence-corrected chi connectivity index (χ3v) is 10.4. The van der Waals surface area contributed by atoms with Gasteiger partial charge in [-0.2, -0.15) is 0 Å². The molecule has 0 radical (unpaired) electrons. The van der Waals surface area contributed by atoms with E-state index in [-0.39, 0.29) is 37.2 Å². The summed E-state index contributed by atoms with van der Waals surface area (Å²) in [6, 6.07) is 8.55. The Kier molecular flexibility index (Phi) is 19.5. The zero-order valence-corrected chi connectivity index (χ0v) is 31.6. The Morgan fingerprint density at radius 2 is 1.77 bits per heavy atom. The first-order valence-corrected chi connectivity index (χ1v) is 19.4. The highest BCUT2D eigenvalue weighted by atomic mass is 17.1. The Balaban J connectivity index is 1.35. The van der Waals surface area contributed by atoms with Crippen LogP contribution in [0.2, 0.25) is 0 Å². The maximum Gasteiger partial charge on any atom is 0.409 e. The third-order valence-electron chi connectivity index (χ3n) is 10.4. The predicted molar refractivity (Wildman–Crippen MR) is 192 cm³/mol. The lowest BCUT2D eigenvalue weighted by molar-refractivity contribution is -0.492. The van der Waals surface area contributed by atoms with Crippen LogP contribution in [0.15, 0.2) is 24.3 Å². The molecule has 1 amide bonds. The molecule has 298 valence electrons. The topological polar surface area (TPSA) is 152 Å². The van der Waals surface area contributed by atoms with Gasteiger partial charge in [0.2, 0.25) is 0 Å². The minimum atomic E-state index is -0.829.